The van der Waals surface area contributed by atoms with Crippen molar-refractivity contribution in [2.75, 3.05) is 11.4 Å². The Morgan fingerprint density at radius 1 is 1.39 bits per heavy atom. The molecule has 0 bridgehead atoms. The molecule has 2 rings (SSSR count). The van der Waals surface area contributed by atoms with Gasteiger partial charge in [0.05, 0.1) is 5.69 Å². The fourth-order valence-electron chi connectivity index (χ4n) is 1.68. The summed E-state index contributed by atoms with van der Waals surface area (Å²) < 4.78 is 13.6. The van der Waals surface area contributed by atoms with Gasteiger partial charge in [-0.05, 0) is 25.0 Å². The molecule has 1 aromatic rings. The Balaban J connectivity index is 2.10. The number of amides is 2. The molecule has 1 N–H and O–H groups in total. The molecule has 1 aromatic carbocycles. The maximum Gasteiger partial charge on any atom is 0.240 e. The van der Waals surface area contributed by atoms with Crippen LogP contribution in [0.3, 0.4) is 0 Å². The first-order valence-electron chi connectivity index (χ1n) is 5.90. The van der Waals surface area contributed by atoms with E-state index in [-0.39, 0.29) is 30.1 Å². The molecule has 1 saturated carbocycles. The Morgan fingerprint density at radius 3 is 2.61 bits per heavy atom. The van der Waals surface area contributed by atoms with Crippen molar-refractivity contribution in [3.8, 4) is 0 Å². The second-order valence-corrected chi connectivity index (χ2v) is 4.40. The van der Waals surface area contributed by atoms with E-state index in [1.54, 1.807) is 12.1 Å². The Morgan fingerprint density at radius 2 is 2.06 bits per heavy atom. The molecule has 1 aliphatic rings. The van der Waals surface area contributed by atoms with Gasteiger partial charge in [-0.25, -0.2) is 4.39 Å². The Hall–Kier alpha value is -1.91. The second kappa shape index (κ2) is 5.16. The third-order valence-corrected chi connectivity index (χ3v) is 2.77. The average Bonchev–Trinajstić information content (AvgIpc) is 3.10. The molecule has 1 aliphatic carbocycles. The predicted molar refractivity (Wildman–Crippen MR) is 65.6 cm³/mol. The molecule has 96 valence electrons. The number of nitrogens with one attached hydrogen (secondary N) is 1. The third-order valence-electron chi connectivity index (χ3n) is 2.77. The number of halogens is 1. The molecule has 0 aliphatic heterocycles. The summed E-state index contributed by atoms with van der Waals surface area (Å²) >= 11 is 0. The highest BCUT2D eigenvalue weighted by molar-refractivity contribution is 5.97. The number of para-hydroxylation sites is 1. The summed E-state index contributed by atoms with van der Waals surface area (Å²) in [5.74, 6) is -1.12. The van der Waals surface area contributed by atoms with Crippen LogP contribution in [-0.4, -0.2) is 24.4 Å². The average molecular weight is 250 g/mol. The molecule has 4 nitrogen and oxygen atoms in total. The second-order valence-electron chi connectivity index (χ2n) is 4.40. The van der Waals surface area contributed by atoms with Gasteiger partial charge in [0.1, 0.15) is 12.4 Å². The molecule has 0 spiro atoms. The Labute approximate surface area is 105 Å². The van der Waals surface area contributed by atoms with Gasteiger partial charge in [0.15, 0.2) is 0 Å². The van der Waals surface area contributed by atoms with Gasteiger partial charge in [-0.2, -0.15) is 0 Å². The topological polar surface area (TPSA) is 49.4 Å². The smallest absolute Gasteiger partial charge is 0.240 e. The minimum Gasteiger partial charge on any atom is -0.352 e. The summed E-state index contributed by atoms with van der Waals surface area (Å²) in [4.78, 5) is 24.3. The van der Waals surface area contributed by atoms with Crippen LogP contribution in [0.4, 0.5) is 10.1 Å². The molecule has 0 atom stereocenters. The first kappa shape index (κ1) is 12.5. The molecule has 0 radical (unpaired) electrons. The minimum absolute atomic E-state index is 0.135. The molecular weight excluding hydrogens is 235 g/mol. The normalized spacial score (nSPS) is 14.1. The van der Waals surface area contributed by atoms with E-state index in [0.29, 0.717) is 0 Å². The van der Waals surface area contributed by atoms with Gasteiger partial charge in [-0.1, -0.05) is 12.1 Å². The Kier molecular flexibility index (Phi) is 3.60. The molecule has 5 heteroatoms. The van der Waals surface area contributed by atoms with E-state index >= 15 is 0 Å². The molecule has 0 saturated heterocycles. The van der Waals surface area contributed by atoms with Crippen LogP contribution in [0.25, 0.3) is 0 Å². The molecule has 1 fully saturated rings. The standard InChI is InChI=1S/C13H15FN2O2/c1-9(17)16(8-13(18)15-10-6-7-10)12-5-3-2-4-11(12)14/h2-5,10H,6-8H2,1H3,(H,15,18). The first-order valence-corrected chi connectivity index (χ1v) is 5.90. The van der Waals surface area contributed by atoms with Crippen LogP contribution in [0.15, 0.2) is 24.3 Å². The van der Waals surface area contributed by atoms with Crippen LogP contribution in [0, 0.1) is 5.82 Å². The zero-order chi connectivity index (χ0) is 13.1. The third kappa shape index (κ3) is 3.06. The lowest BCUT2D eigenvalue weighted by atomic mass is 10.2. The van der Waals surface area contributed by atoms with E-state index < -0.39 is 5.82 Å². The highest BCUT2D eigenvalue weighted by Gasteiger charge is 2.25. The van der Waals surface area contributed by atoms with Crippen molar-refractivity contribution in [3.63, 3.8) is 0 Å². The van der Waals surface area contributed by atoms with E-state index in [0.717, 1.165) is 17.7 Å². The number of hydrogen-bond donors (Lipinski definition) is 1. The van der Waals surface area contributed by atoms with E-state index in [4.69, 9.17) is 0 Å². The van der Waals surface area contributed by atoms with Crippen molar-refractivity contribution in [1.29, 1.82) is 0 Å². The monoisotopic (exact) mass is 250 g/mol. The van der Waals surface area contributed by atoms with Crippen LogP contribution in [0.2, 0.25) is 0 Å². The molecule has 0 aromatic heterocycles. The van der Waals surface area contributed by atoms with Crippen molar-refractivity contribution >= 4 is 17.5 Å². The van der Waals surface area contributed by atoms with E-state index in [9.17, 15) is 14.0 Å². The number of rotatable bonds is 4. The minimum atomic E-state index is -0.507. The highest BCUT2D eigenvalue weighted by atomic mass is 19.1. The van der Waals surface area contributed by atoms with Gasteiger partial charge < -0.3 is 10.2 Å². The summed E-state index contributed by atoms with van der Waals surface area (Å²) in [6.45, 7) is 1.17. The maximum atomic E-state index is 13.6. The van der Waals surface area contributed by atoms with Gasteiger partial charge in [0.25, 0.3) is 0 Å². The maximum absolute atomic E-state index is 13.6. The number of anilines is 1. The number of nitrogens with zero attached hydrogens (tertiary/aromatic N) is 1. The van der Waals surface area contributed by atoms with Gasteiger partial charge >= 0.3 is 0 Å². The lowest BCUT2D eigenvalue weighted by Crippen LogP contribution is -2.40. The fourth-order valence-corrected chi connectivity index (χ4v) is 1.68. The van der Waals surface area contributed by atoms with Crippen molar-refractivity contribution in [1.82, 2.24) is 5.32 Å². The van der Waals surface area contributed by atoms with Crippen molar-refractivity contribution < 1.29 is 14.0 Å². The summed E-state index contributed by atoms with van der Waals surface area (Å²) in [7, 11) is 0. The van der Waals surface area contributed by atoms with E-state index in [1.807, 2.05) is 0 Å². The van der Waals surface area contributed by atoms with Crippen LogP contribution < -0.4 is 10.2 Å². The number of carbonyl (C=O) groups is 2. The van der Waals surface area contributed by atoms with Gasteiger partial charge in [0, 0.05) is 13.0 Å². The summed E-state index contributed by atoms with van der Waals surface area (Å²) in [5.41, 5.74) is 0.135. The largest absolute Gasteiger partial charge is 0.352 e. The SMILES string of the molecule is CC(=O)N(CC(=O)NC1CC1)c1ccccc1F. The van der Waals surface area contributed by atoms with Crippen molar-refractivity contribution in [2.24, 2.45) is 0 Å². The van der Waals surface area contributed by atoms with Crippen LogP contribution in [0.1, 0.15) is 19.8 Å². The predicted octanol–water partition coefficient (Wildman–Crippen LogP) is 1.46. The van der Waals surface area contributed by atoms with Crippen LogP contribution in [-0.2, 0) is 9.59 Å². The summed E-state index contributed by atoms with van der Waals surface area (Å²) in [6, 6.07) is 6.16. The Bertz CT molecular complexity index is 472. The summed E-state index contributed by atoms with van der Waals surface area (Å²) in [5, 5.41) is 2.77. The van der Waals surface area contributed by atoms with Gasteiger partial charge in [-0.15, -0.1) is 0 Å². The van der Waals surface area contributed by atoms with Gasteiger partial charge in [0.2, 0.25) is 11.8 Å². The van der Waals surface area contributed by atoms with Crippen molar-refractivity contribution in [3.05, 3.63) is 30.1 Å². The zero-order valence-corrected chi connectivity index (χ0v) is 10.1. The zero-order valence-electron chi connectivity index (χ0n) is 10.1. The number of hydrogen-bond acceptors (Lipinski definition) is 2. The lowest BCUT2D eigenvalue weighted by molar-refractivity contribution is -0.123. The molecule has 18 heavy (non-hydrogen) atoms. The van der Waals surface area contributed by atoms with Crippen LogP contribution >= 0.6 is 0 Å². The molecule has 0 heterocycles. The van der Waals surface area contributed by atoms with E-state index in [1.165, 1.54) is 19.1 Å². The highest BCUT2D eigenvalue weighted by Crippen LogP contribution is 2.20. The number of benzene rings is 1. The van der Waals surface area contributed by atoms with Crippen LogP contribution in [0.5, 0.6) is 0 Å². The fraction of sp³-hybridized carbons (Fsp3) is 0.385. The quantitative estimate of drug-likeness (QED) is 0.879. The summed E-state index contributed by atoms with van der Waals surface area (Å²) in [6.07, 6.45) is 1.96. The number of carbonyl (C=O) groups excluding carboxylic acids is 2. The van der Waals surface area contributed by atoms with Gasteiger partial charge in [-0.3, -0.25) is 9.59 Å². The van der Waals surface area contributed by atoms with E-state index in [2.05, 4.69) is 5.32 Å². The molecule has 2 amide bonds. The first-order chi connectivity index (χ1) is 8.58. The molecular formula is C13H15FN2O2. The van der Waals surface area contributed by atoms with Crippen molar-refractivity contribution in [2.45, 2.75) is 25.8 Å². The lowest BCUT2D eigenvalue weighted by Gasteiger charge is -2.21. The molecule has 0 unspecified atom stereocenters.